The third kappa shape index (κ3) is 3.76. The minimum atomic E-state index is -0.362. The van der Waals surface area contributed by atoms with Gasteiger partial charge in [-0.2, -0.15) is 10.2 Å². The molecule has 4 aromatic rings. The second kappa shape index (κ2) is 7.75. The topological polar surface area (TPSA) is 79.4 Å². The van der Waals surface area contributed by atoms with E-state index in [1.54, 1.807) is 19.4 Å². The van der Waals surface area contributed by atoms with Crippen molar-refractivity contribution in [2.45, 2.75) is 0 Å². The predicted octanol–water partition coefficient (Wildman–Crippen LogP) is 4.00. The van der Waals surface area contributed by atoms with Crippen LogP contribution in [-0.2, 0) is 0 Å². The smallest absolute Gasteiger partial charge is 0.289 e. The number of aromatic amines is 1. The fraction of sp³-hybridized carbons (Fsp3) is 0.0455. The number of amides is 1. The highest BCUT2D eigenvalue weighted by molar-refractivity contribution is 5.94. The molecule has 28 heavy (non-hydrogen) atoms. The van der Waals surface area contributed by atoms with Gasteiger partial charge in [-0.05, 0) is 40.6 Å². The number of hydrazone groups is 1. The second-order valence-corrected chi connectivity index (χ2v) is 6.20. The van der Waals surface area contributed by atoms with Crippen LogP contribution in [0.4, 0.5) is 0 Å². The van der Waals surface area contributed by atoms with E-state index in [0.29, 0.717) is 11.4 Å². The van der Waals surface area contributed by atoms with Crippen LogP contribution in [0.2, 0.25) is 0 Å². The molecule has 0 fully saturated rings. The summed E-state index contributed by atoms with van der Waals surface area (Å²) in [5, 5.41) is 13.3. The van der Waals surface area contributed by atoms with E-state index in [1.165, 1.54) is 0 Å². The van der Waals surface area contributed by atoms with Crippen LogP contribution in [0, 0.1) is 0 Å². The third-order valence-corrected chi connectivity index (χ3v) is 4.34. The molecular weight excluding hydrogens is 352 g/mol. The first-order valence-corrected chi connectivity index (χ1v) is 8.75. The Kier molecular flexibility index (Phi) is 4.84. The first-order chi connectivity index (χ1) is 13.7. The van der Waals surface area contributed by atoms with E-state index >= 15 is 0 Å². The van der Waals surface area contributed by atoms with Gasteiger partial charge < -0.3 is 4.74 Å². The Balaban J connectivity index is 1.47. The summed E-state index contributed by atoms with van der Waals surface area (Å²) >= 11 is 0. The number of carbonyl (C=O) groups excluding carboxylic acids is 1. The molecule has 0 aliphatic rings. The number of nitrogens with zero attached hydrogens (tertiary/aromatic N) is 2. The number of rotatable bonds is 5. The highest BCUT2D eigenvalue weighted by Gasteiger charge is 2.10. The fourth-order valence-electron chi connectivity index (χ4n) is 2.88. The Morgan fingerprint density at radius 3 is 2.75 bits per heavy atom. The lowest BCUT2D eigenvalue weighted by atomic mass is 10.1. The molecule has 0 bridgehead atoms. The number of methoxy groups -OCH3 is 1. The molecule has 2 N–H and O–H groups in total. The van der Waals surface area contributed by atoms with Gasteiger partial charge in [0, 0.05) is 5.56 Å². The number of aromatic nitrogens is 2. The van der Waals surface area contributed by atoms with Gasteiger partial charge in [0.25, 0.3) is 5.91 Å². The number of H-pyrrole nitrogens is 1. The molecule has 3 aromatic carbocycles. The summed E-state index contributed by atoms with van der Waals surface area (Å²) in [4.78, 5) is 12.3. The predicted molar refractivity (Wildman–Crippen MR) is 110 cm³/mol. The standard InChI is InChI=1S/C22H18N4O2/c1-28-19-8-4-5-15(11-19)14-23-26-22(27)21-13-20(24-25-21)18-10-9-16-6-2-3-7-17(16)12-18/h2-14H,1H3,(H,24,25)(H,26,27)/b23-14+. The third-order valence-electron chi connectivity index (χ3n) is 4.34. The van der Waals surface area contributed by atoms with Gasteiger partial charge in [-0.15, -0.1) is 0 Å². The molecule has 4 rings (SSSR count). The minimum Gasteiger partial charge on any atom is -0.497 e. The van der Waals surface area contributed by atoms with Crippen molar-refractivity contribution >= 4 is 22.9 Å². The van der Waals surface area contributed by atoms with Crippen molar-refractivity contribution in [2.24, 2.45) is 5.10 Å². The monoisotopic (exact) mass is 370 g/mol. The Bertz CT molecular complexity index is 1160. The van der Waals surface area contributed by atoms with Crippen LogP contribution < -0.4 is 10.2 Å². The Labute approximate surface area is 161 Å². The molecule has 138 valence electrons. The van der Waals surface area contributed by atoms with E-state index in [9.17, 15) is 4.79 Å². The molecule has 1 amide bonds. The lowest BCUT2D eigenvalue weighted by molar-refractivity contribution is 0.0950. The molecular formula is C22H18N4O2. The average molecular weight is 370 g/mol. The molecule has 0 aliphatic heterocycles. The van der Waals surface area contributed by atoms with Crippen molar-refractivity contribution in [3.8, 4) is 17.0 Å². The van der Waals surface area contributed by atoms with Gasteiger partial charge in [0.2, 0.25) is 0 Å². The van der Waals surface area contributed by atoms with Gasteiger partial charge in [-0.25, -0.2) is 5.43 Å². The van der Waals surface area contributed by atoms with Crippen LogP contribution in [0.15, 0.2) is 77.9 Å². The summed E-state index contributed by atoms with van der Waals surface area (Å²) in [6, 6.07) is 23.3. The Morgan fingerprint density at radius 2 is 1.89 bits per heavy atom. The van der Waals surface area contributed by atoms with Crippen LogP contribution >= 0.6 is 0 Å². The molecule has 6 heteroatoms. The van der Waals surface area contributed by atoms with Crippen molar-refractivity contribution in [3.63, 3.8) is 0 Å². The van der Waals surface area contributed by atoms with Gasteiger partial charge >= 0.3 is 0 Å². The van der Waals surface area contributed by atoms with Crippen molar-refractivity contribution in [1.82, 2.24) is 15.6 Å². The highest BCUT2D eigenvalue weighted by atomic mass is 16.5. The van der Waals surface area contributed by atoms with E-state index in [-0.39, 0.29) is 5.91 Å². The van der Waals surface area contributed by atoms with Gasteiger partial charge in [0.05, 0.1) is 19.0 Å². The van der Waals surface area contributed by atoms with E-state index in [2.05, 4.69) is 26.8 Å². The van der Waals surface area contributed by atoms with Crippen LogP contribution in [0.25, 0.3) is 22.0 Å². The lowest BCUT2D eigenvalue weighted by Crippen LogP contribution is -2.18. The zero-order chi connectivity index (χ0) is 19.3. The minimum absolute atomic E-state index is 0.339. The molecule has 0 saturated carbocycles. The van der Waals surface area contributed by atoms with Crippen molar-refractivity contribution in [1.29, 1.82) is 0 Å². The van der Waals surface area contributed by atoms with Crippen LogP contribution in [-0.4, -0.2) is 29.4 Å². The lowest BCUT2D eigenvalue weighted by Gasteiger charge is -2.00. The molecule has 0 atom stereocenters. The number of benzene rings is 3. The van der Waals surface area contributed by atoms with Crippen molar-refractivity contribution in [3.05, 3.63) is 84.1 Å². The molecule has 0 saturated heterocycles. The van der Waals surface area contributed by atoms with E-state index in [4.69, 9.17) is 4.74 Å². The van der Waals surface area contributed by atoms with E-state index in [1.807, 2.05) is 60.7 Å². The second-order valence-electron chi connectivity index (χ2n) is 6.20. The highest BCUT2D eigenvalue weighted by Crippen LogP contribution is 2.23. The number of hydrogen-bond acceptors (Lipinski definition) is 4. The van der Waals surface area contributed by atoms with Gasteiger partial charge in [0.1, 0.15) is 11.4 Å². The Morgan fingerprint density at radius 1 is 1.04 bits per heavy atom. The number of carbonyl (C=O) groups is 1. The first-order valence-electron chi connectivity index (χ1n) is 8.75. The molecule has 0 spiro atoms. The summed E-state index contributed by atoms with van der Waals surface area (Å²) in [7, 11) is 1.60. The number of hydrogen-bond donors (Lipinski definition) is 2. The van der Waals surface area contributed by atoms with Gasteiger partial charge in [-0.3, -0.25) is 9.89 Å². The largest absolute Gasteiger partial charge is 0.497 e. The molecule has 0 radical (unpaired) electrons. The molecule has 0 aliphatic carbocycles. The maximum atomic E-state index is 12.3. The number of ether oxygens (including phenoxy) is 1. The maximum Gasteiger partial charge on any atom is 0.289 e. The quantitative estimate of drug-likeness (QED) is 0.412. The van der Waals surface area contributed by atoms with Crippen LogP contribution in [0.5, 0.6) is 5.75 Å². The van der Waals surface area contributed by atoms with Crippen molar-refractivity contribution in [2.75, 3.05) is 7.11 Å². The Hall–Kier alpha value is -3.93. The molecule has 1 heterocycles. The molecule has 1 aromatic heterocycles. The number of fused-ring (bicyclic) bond motifs is 1. The van der Waals surface area contributed by atoms with E-state index in [0.717, 1.165) is 27.6 Å². The average Bonchev–Trinajstić information content (AvgIpc) is 3.24. The molecule has 0 unspecified atom stereocenters. The summed E-state index contributed by atoms with van der Waals surface area (Å²) in [5.74, 6) is 0.363. The van der Waals surface area contributed by atoms with Crippen molar-refractivity contribution < 1.29 is 9.53 Å². The summed E-state index contributed by atoms with van der Waals surface area (Å²) in [6.07, 6.45) is 1.56. The van der Waals surface area contributed by atoms with Crippen LogP contribution in [0.1, 0.15) is 16.1 Å². The van der Waals surface area contributed by atoms with E-state index < -0.39 is 0 Å². The fourth-order valence-corrected chi connectivity index (χ4v) is 2.88. The van der Waals surface area contributed by atoms with Crippen LogP contribution in [0.3, 0.4) is 0 Å². The van der Waals surface area contributed by atoms with Gasteiger partial charge in [0.15, 0.2) is 0 Å². The summed E-state index contributed by atoms with van der Waals surface area (Å²) < 4.78 is 5.16. The summed E-state index contributed by atoms with van der Waals surface area (Å²) in [6.45, 7) is 0. The van der Waals surface area contributed by atoms with Gasteiger partial charge in [-0.1, -0.05) is 48.5 Å². The summed E-state index contributed by atoms with van der Waals surface area (Å²) in [5.41, 5.74) is 5.30. The maximum absolute atomic E-state index is 12.3. The zero-order valence-corrected chi connectivity index (χ0v) is 15.2. The number of nitrogens with one attached hydrogen (secondary N) is 2. The first kappa shape index (κ1) is 17.5. The molecule has 6 nitrogen and oxygen atoms in total. The SMILES string of the molecule is COc1cccc(/C=N/NC(=O)c2cc(-c3ccc4ccccc4c3)n[nH]2)c1. The normalized spacial score (nSPS) is 11.0. The zero-order valence-electron chi connectivity index (χ0n) is 15.2.